The maximum absolute atomic E-state index is 14.0. The van der Waals surface area contributed by atoms with E-state index in [2.05, 4.69) is 10.6 Å². The number of rotatable bonds is 3. The second-order valence-corrected chi connectivity index (χ2v) is 7.13. The van der Waals surface area contributed by atoms with Crippen LogP contribution < -0.4 is 10.6 Å². The first kappa shape index (κ1) is 21.6. The lowest BCUT2D eigenvalue weighted by Crippen LogP contribution is -2.46. The van der Waals surface area contributed by atoms with Gasteiger partial charge in [0.15, 0.2) is 0 Å². The van der Waals surface area contributed by atoms with Crippen molar-refractivity contribution in [3.8, 4) is 12.1 Å². The fourth-order valence-corrected chi connectivity index (χ4v) is 3.61. The molecule has 1 aliphatic rings. The van der Waals surface area contributed by atoms with Crippen molar-refractivity contribution in [2.24, 2.45) is 0 Å². The minimum Gasteiger partial charge on any atom is -0.322 e. The molecule has 0 aromatic heterocycles. The van der Waals surface area contributed by atoms with Crippen LogP contribution in [0.2, 0.25) is 5.02 Å². The Morgan fingerprint density at radius 2 is 1.90 bits per heavy atom. The fourth-order valence-electron chi connectivity index (χ4n) is 3.38. The Labute approximate surface area is 173 Å². The maximum atomic E-state index is 14.0. The average Bonchev–Trinajstić information content (AvgIpc) is 3.15. The van der Waals surface area contributed by atoms with Crippen LogP contribution in [-0.4, -0.2) is 24.2 Å². The largest absolute Gasteiger partial charge is 0.404 e. The van der Waals surface area contributed by atoms with E-state index >= 15 is 0 Å². The molecule has 2 aromatic rings. The molecule has 0 saturated carbocycles. The van der Waals surface area contributed by atoms with E-state index in [0.717, 1.165) is 6.07 Å². The lowest BCUT2D eigenvalue weighted by atomic mass is 9.89. The normalized spacial score (nSPS) is 21.0. The average molecular weight is 437 g/mol. The van der Waals surface area contributed by atoms with Gasteiger partial charge >= 0.3 is 6.18 Å². The van der Waals surface area contributed by atoms with E-state index in [9.17, 15) is 22.4 Å². The second-order valence-electron chi connectivity index (χ2n) is 6.73. The van der Waals surface area contributed by atoms with Gasteiger partial charge in [0.2, 0.25) is 5.91 Å². The van der Waals surface area contributed by atoms with Gasteiger partial charge in [-0.15, -0.1) is 0 Å². The number of amides is 1. The van der Waals surface area contributed by atoms with Crippen LogP contribution >= 0.6 is 11.6 Å². The fraction of sp³-hybridized carbons (Fsp3) is 0.250. The third kappa shape index (κ3) is 4.38. The summed E-state index contributed by atoms with van der Waals surface area (Å²) in [5, 5.41) is 22.2. The third-order valence-electron chi connectivity index (χ3n) is 4.84. The summed E-state index contributed by atoms with van der Waals surface area (Å²) in [7, 11) is 0. The first-order valence-electron chi connectivity index (χ1n) is 8.67. The van der Waals surface area contributed by atoms with Crippen molar-refractivity contribution < 1.29 is 22.4 Å². The van der Waals surface area contributed by atoms with E-state index in [1.165, 1.54) is 30.3 Å². The summed E-state index contributed by atoms with van der Waals surface area (Å²) in [4.78, 5) is 12.5. The van der Waals surface area contributed by atoms with Gasteiger partial charge in [-0.2, -0.15) is 23.7 Å². The SMILES string of the molecule is N#Cc1ccc(NC(=O)[C@@H]2CC(c3ccc(C#N)c(Cl)c3)[C@H](C(F)(F)F)N2)c(F)c1. The van der Waals surface area contributed by atoms with Crippen molar-refractivity contribution >= 4 is 23.2 Å². The molecule has 30 heavy (non-hydrogen) atoms. The first-order valence-corrected chi connectivity index (χ1v) is 9.04. The Bertz CT molecular complexity index is 1070. The van der Waals surface area contributed by atoms with Gasteiger partial charge in [-0.3, -0.25) is 10.1 Å². The molecule has 1 heterocycles. The number of nitrogens with zero attached hydrogens (tertiary/aromatic N) is 2. The highest BCUT2D eigenvalue weighted by atomic mass is 35.5. The summed E-state index contributed by atoms with van der Waals surface area (Å²) in [6.07, 6.45) is -4.87. The van der Waals surface area contributed by atoms with Crippen molar-refractivity contribution in [2.75, 3.05) is 5.32 Å². The third-order valence-corrected chi connectivity index (χ3v) is 5.15. The number of carbonyl (C=O) groups is 1. The molecular weight excluding hydrogens is 424 g/mol. The Morgan fingerprint density at radius 3 is 2.47 bits per heavy atom. The number of nitrogens with one attached hydrogen (secondary N) is 2. The first-order chi connectivity index (χ1) is 14.1. The predicted octanol–water partition coefficient (Wildman–Crippen LogP) is 4.24. The Morgan fingerprint density at radius 1 is 1.17 bits per heavy atom. The molecule has 1 amide bonds. The summed E-state index contributed by atoms with van der Waals surface area (Å²) < 4.78 is 54.8. The lowest BCUT2D eigenvalue weighted by molar-refractivity contribution is -0.156. The lowest BCUT2D eigenvalue weighted by Gasteiger charge is -2.22. The number of nitriles is 2. The van der Waals surface area contributed by atoms with Crippen LogP contribution in [0.5, 0.6) is 0 Å². The zero-order chi connectivity index (χ0) is 22.1. The molecule has 10 heteroatoms. The molecular formula is C20H13ClF4N4O. The summed E-state index contributed by atoms with van der Waals surface area (Å²) >= 11 is 5.95. The van der Waals surface area contributed by atoms with Crippen LogP contribution in [0, 0.1) is 28.5 Å². The van der Waals surface area contributed by atoms with Gasteiger partial charge in [0.25, 0.3) is 0 Å². The Hall–Kier alpha value is -3.14. The molecule has 1 unspecified atom stereocenters. The zero-order valence-corrected chi connectivity index (χ0v) is 15.9. The van der Waals surface area contributed by atoms with Gasteiger partial charge in [0.05, 0.1) is 33.9 Å². The summed E-state index contributed by atoms with van der Waals surface area (Å²) in [5.41, 5.74) is 0.155. The molecule has 0 radical (unpaired) electrons. The number of carbonyl (C=O) groups excluding carboxylic acids is 1. The van der Waals surface area contributed by atoms with Gasteiger partial charge < -0.3 is 5.32 Å². The molecule has 0 spiro atoms. The quantitative estimate of drug-likeness (QED) is 0.704. The highest BCUT2D eigenvalue weighted by molar-refractivity contribution is 6.31. The van der Waals surface area contributed by atoms with Crippen molar-refractivity contribution in [3.05, 3.63) is 63.9 Å². The molecule has 0 aliphatic carbocycles. The maximum Gasteiger partial charge on any atom is 0.404 e. The molecule has 3 rings (SSSR count). The van der Waals surface area contributed by atoms with Gasteiger partial charge in [-0.05, 0) is 42.3 Å². The molecule has 2 aromatic carbocycles. The zero-order valence-electron chi connectivity index (χ0n) is 15.1. The standard InChI is InChI=1S/C20H13ClF4N4O/c21-14-6-11(2-3-12(14)9-27)13-7-17(28-18(13)20(23,24)25)19(30)29-16-4-1-10(8-26)5-15(16)22/h1-6,13,17-18,28H,7H2,(H,29,30)/t13?,17-,18+/m0/s1. The monoisotopic (exact) mass is 436 g/mol. The smallest absolute Gasteiger partial charge is 0.322 e. The summed E-state index contributed by atoms with van der Waals surface area (Å²) in [6, 6.07) is 7.64. The summed E-state index contributed by atoms with van der Waals surface area (Å²) in [5.74, 6) is -2.84. The van der Waals surface area contributed by atoms with Gasteiger partial charge in [0.1, 0.15) is 17.9 Å². The van der Waals surface area contributed by atoms with Crippen molar-refractivity contribution in [3.63, 3.8) is 0 Å². The van der Waals surface area contributed by atoms with Crippen molar-refractivity contribution in [1.82, 2.24) is 5.32 Å². The van der Waals surface area contributed by atoms with E-state index < -0.39 is 35.9 Å². The number of alkyl halides is 3. The predicted molar refractivity (Wildman–Crippen MR) is 100 cm³/mol. The van der Waals surface area contributed by atoms with Crippen LogP contribution in [0.25, 0.3) is 0 Å². The summed E-state index contributed by atoms with van der Waals surface area (Å²) in [6.45, 7) is 0. The van der Waals surface area contributed by atoms with Crippen molar-refractivity contribution in [1.29, 1.82) is 10.5 Å². The van der Waals surface area contributed by atoms with Gasteiger partial charge in [-0.1, -0.05) is 17.7 Å². The van der Waals surface area contributed by atoms with E-state index in [1.54, 1.807) is 6.07 Å². The molecule has 1 saturated heterocycles. The van der Waals surface area contributed by atoms with E-state index in [4.69, 9.17) is 22.1 Å². The van der Waals surface area contributed by atoms with Crippen LogP contribution in [0.3, 0.4) is 0 Å². The van der Waals surface area contributed by atoms with Crippen LogP contribution in [0.15, 0.2) is 36.4 Å². The van der Waals surface area contributed by atoms with E-state index in [-0.39, 0.29) is 33.8 Å². The van der Waals surface area contributed by atoms with Crippen LogP contribution in [-0.2, 0) is 4.79 Å². The molecule has 154 valence electrons. The minimum atomic E-state index is -4.65. The van der Waals surface area contributed by atoms with E-state index in [1.807, 2.05) is 6.07 Å². The van der Waals surface area contributed by atoms with Gasteiger partial charge in [0, 0.05) is 5.92 Å². The van der Waals surface area contributed by atoms with E-state index in [0.29, 0.717) is 0 Å². The number of hydrogen-bond acceptors (Lipinski definition) is 4. The molecule has 5 nitrogen and oxygen atoms in total. The topological polar surface area (TPSA) is 88.7 Å². The Kier molecular flexibility index (Phi) is 5.97. The number of hydrogen-bond donors (Lipinski definition) is 2. The number of halogens is 5. The van der Waals surface area contributed by atoms with Gasteiger partial charge in [-0.25, -0.2) is 4.39 Å². The van der Waals surface area contributed by atoms with Crippen LogP contribution in [0.4, 0.5) is 23.2 Å². The molecule has 2 N–H and O–H groups in total. The molecule has 1 aliphatic heterocycles. The molecule has 3 atom stereocenters. The number of benzene rings is 2. The number of anilines is 1. The second kappa shape index (κ2) is 8.31. The minimum absolute atomic E-state index is 0.0171. The van der Waals surface area contributed by atoms with Crippen LogP contribution in [0.1, 0.15) is 29.0 Å². The molecule has 0 bridgehead atoms. The van der Waals surface area contributed by atoms with Crippen molar-refractivity contribution in [2.45, 2.75) is 30.6 Å². The highest BCUT2D eigenvalue weighted by Gasteiger charge is 2.52. The Balaban J connectivity index is 1.84. The highest BCUT2D eigenvalue weighted by Crippen LogP contribution is 2.40. The molecule has 1 fully saturated rings.